The molecule has 1 aliphatic rings. The molecule has 0 saturated carbocycles. The lowest BCUT2D eigenvalue weighted by Crippen LogP contribution is -2.48. The van der Waals surface area contributed by atoms with Crippen molar-refractivity contribution in [2.45, 2.75) is 18.9 Å². The second-order valence-electron chi connectivity index (χ2n) is 4.15. The summed E-state index contributed by atoms with van der Waals surface area (Å²) in [6.45, 7) is 1.52. The van der Waals surface area contributed by atoms with Crippen LogP contribution in [0.5, 0.6) is 0 Å². The number of carboxylic acid groups (broad SMARTS) is 1. The third kappa shape index (κ3) is 3.69. The van der Waals surface area contributed by atoms with E-state index in [2.05, 4.69) is 0 Å². The van der Waals surface area contributed by atoms with Crippen molar-refractivity contribution in [1.29, 1.82) is 0 Å². The maximum absolute atomic E-state index is 11.5. The summed E-state index contributed by atoms with van der Waals surface area (Å²) in [7, 11) is 3.81. The molecule has 92 valence electrons. The number of aliphatic carboxylic acids is 1. The fraction of sp³-hybridized carbons (Fsp3) is 0.800. The lowest BCUT2D eigenvalue weighted by atomic mass is 10.1. The molecule has 0 bridgehead atoms. The van der Waals surface area contributed by atoms with E-state index in [1.807, 2.05) is 19.0 Å². The number of carbonyl (C=O) groups is 2. The van der Waals surface area contributed by atoms with Crippen molar-refractivity contribution in [1.82, 2.24) is 9.80 Å². The molecule has 0 aromatic rings. The molecule has 16 heavy (non-hydrogen) atoms. The Morgan fingerprint density at radius 3 is 2.88 bits per heavy atom. The van der Waals surface area contributed by atoms with Gasteiger partial charge in [0, 0.05) is 25.6 Å². The summed E-state index contributed by atoms with van der Waals surface area (Å²) < 4.78 is 4.91. The average molecular weight is 230 g/mol. The zero-order valence-electron chi connectivity index (χ0n) is 9.68. The van der Waals surface area contributed by atoms with Gasteiger partial charge in [-0.05, 0) is 14.1 Å². The van der Waals surface area contributed by atoms with Crippen molar-refractivity contribution in [3.05, 3.63) is 0 Å². The number of hydrogen-bond acceptors (Lipinski definition) is 4. The van der Waals surface area contributed by atoms with Gasteiger partial charge in [0.15, 0.2) is 0 Å². The molecule has 0 aromatic carbocycles. The van der Waals surface area contributed by atoms with Crippen molar-refractivity contribution in [2.24, 2.45) is 0 Å². The molecule has 0 spiro atoms. The smallest absolute Gasteiger partial charge is 0.410 e. The van der Waals surface area contributed by atoms with E-state index in [4.69, 9.17) is 9.84 Å². The van der Waals surface area contributed by atoms with Crippen LogP contribution < -0.4 is 0 Å². The number of hydrogen-bond donors (Lipinski definition) is 1. The maximum atomic E-state index is 11.5. The Hall–Kier alpha value is -1.30. The summed E-state index contributed by atoms with van der Waals surface area (Å²) in [5.74, 6) is -0.880. The van der Waals surface area contributed by atoms with E-state index in [0.29, 0.717) is 26.1 Å². The van der Waals surface area contributed by atoms with Gasteiger partial charge in [0.05, 0.1) is 13.0 Å². The number of rotatable bonds is 5. The van der Waals surface area contributed by atoms with Crippen LogP contribution in [0, 0.1) is 0 Å². The van der Waals surface area contributed by atoms with Crippen LogP contribution in [0.15, 0.2) is 0 Å². The number of likely N-dealkylation sites (N-methyl/N-ethyl adjacent to an activating group) is 1. The fourth-order valence-corrected chi connectivity index (χ4v) is 1.67. The van der Waals surface area contributed by atoms with Crippen LogP contribution >= 0.6 is 0 Å². The molecule has 1 heterocycles. The molecule has 1 rings (SSSR count). The first-order valence-corrected chi connectivity index (χ1v) is 5.30. The van der Waals surface area contributed by atoms with E-state index in [1.54, 1.807) is 0 Å². The van der Waals surface area contributed by atoms with Crippen LogP contribution in [0.4, 0.5) is 4.79 Å². The van der Waals surface area contributed by atoms with E-state index in [-0.39, 0.29) is 12.5 Å². The predicted octanol–water partition coefficient (Wildman–Crippen LogP) is 0.234. The van der Waals surface area contributed by atoms with Gasteiger partial charge in [-0.25, -0.2) is 4.79 Å². The lowest BCUT2D eigenvalue weighted by molar-refractivity contribution is -0.138. The van der Waals surface area contributed by atoms with Crippen LogP contribution in [0.1, 0.15) is 12.8 Å². The predicted molar refractivity (Wildman–Crippen MR) is 57.3 cm³/mol. The summed E-state index contributed by atoms with van der Waals surface area (Å²) in [6, 6.07) is -0.237. The quantitative estimate of drug-likeness (QED) is 0.732. The van der Waals surface area contributed by atoms with Gasteiger partial charge < -0.3 is 19.6 Å². The van der Waals surface area contributed by atoms with Gasteiger partial charge in [0.25, 0.3) is 0 Å². The molecular weight excluding hydrogens is 212 g/mol. The number of nitrogens with zero attached hydrogens (tertiary/aromatic N) is 2. The van der Waals surface area contributed by atoms with Crippen LogP contribution in [0.25, 0.3) is 0 Å². The highest BCUT2D eigenvalue weighted by Crippen LogP contribution is 2.16. The Labute approximate surface area is 94.8 Å². The van der Waals surface area contributed by atoms with Crippen molar-refractivity contribution in [3.8, 4) is 0 Å². The minimum Gasteiger partial charge on any atom is -0.481 e. The zero-order chi connectivity index (χ0) is 12.1. The van der Waals surface area contributed by atoms with Crippen molar-refractivity contribution in [3.63, 3.8) is 0 Å². The largest absolute Gasteiger partial charge is 0.481 e. The van der Waals surface area contributed by atoms with Gasteiger partial charge in [-0.1, -0.05) is 0 Å². The maximum Gasteiger partial charge on any atom is 0.410 e. The normalized spacial score (nSPS) is 21.1. The van der Waals surface area contributed by atoms with Gasteiger partial charge in [-0.2, -0.15) is 0 Å². The highest BCUT2D eigenvalue weighted by atomic mass is 16.6. The topological polar surface area (TPSA) is 70.1 Å². The number of carbonyl (C=O) groups excluding carboxylic acids is 1. The standard InChI is InChI=1S/C10H18N2O4/c1-11(2)4-5-12-8(7-9(13)14)3-6-16-10(12)15/h8H,3-7H2,1-2H3,(H,13,14). The third-order valence-corrected chi connectivity index (χ3v) is 2.55. The molecule has 6 heteroatoms. The summed E-state index contributed by atoms with van der Waals surface area (Å²) in [6.07, 6.45) is 0.174. The molecule has 6 nitrogen and oxygen atoms in total. The first kappa shape index (κ1) is 12.8. The summed E-state index contributed by atoms with van der Waals surface area (Å²) in [5.41, 5.74) is 0. The minimum atomic E-state index is -0.880. The lowest BCUT2D eigenvalue weighted by Gasteiger charge is -2.34. The molecule has 0 radical (unpaired) electrons. The summed E-state index contributed by atoms with van der Waals surface area (Å²) >= 11 is 0. The van der Waals surface area contributed by atoms with E-state index in [0.717, 1.165) is 0 Å². The van der Waals surface area contributed by atoms with E-state index >= 15 is 0 Å². The molecule has 0 aliphatic carbocycles. The van der Waals surface area contributed by atoms with E-state index < -0.39 is 12.1 Å². The Balaban J connectivity index is 2.56. The summed E-state index contributed by atoms with van der Waals surface area (Å²) in [5, 5.41) is 8.76. The molecule has 1 amide bonds. The van der Waals surface area contributed by atoms with E-state index in [9.17, 15) is 9.59 Å². The molecule has 1 atom stereocenters. The summed E-state index contributed by atoms with van der Waals surface area (Å²) in [4.78, 5) is 25.6. The number of carboxylic acids is 1. The Kier molecular flexibility index (Phi) is 4.54. The highest BCUT2D eigenvalue weighted by molar-refractivity contribution is 5.72. The second kappa shape index (κ2) is 5.69. The van der Waals surface area contributed by atoms with Gasteiger partial charge in [0.1, 0.15) is 0 Å². The molecule has 1 N–H and O–H groups in total. The molecule has 1 saturated heterocycles. The minimum absolute atomic E-state index is 0.0114. The van der Waals surface area contributed by atoms with Crippen molar-refractivity contribution in [2.75, 3.05) is 33.8 Å². The monoisotopic (exact) mass is 230 g/mol. The SMILES string of the molecule is CN(C)CCN1C(=O)OCCC1CC(=O)O. The number of ether oxygens (including phenoxy) is 1. The highest BCUT2D eigenvalue weighted by Gasteiger charge is 2.30. The average Bonchev–Trinajstić information content (AvgIpc) is 2.15. The number of amides is 1. The van der Waals surface area contributed by atoms with Gasteiger partial charge in [0.2, 0.25) is 0 Å². The van der Waals surface area contributed by atoms with Gasteiger partial charge in [-0.15, -0.1) is 0 Å². The van der Waals surface area contributed by atoms with Crippen LogP contribution in [-0.4, -0.2) is 66.8 Å². The third-order valence-electron chi connectivity index (χ3n) is 2.55. The van der Waals surface area contributed by atoms with Gasteiger partial charge >= 0.3 is 12.1 Å². The number of cyclic esters (lactones) is 1. The van der Waals surface area contributed by atoms with Crippen molar-refractivity contribution >= 4 is 12.1 Å². The molecule has 1 unspecified atom stereocenters. The Bertz CT molecular complexity index is 268. The Morgan fingerprint density at radius 1 is 1.62 bits per heavy atom. The van der Waals surface area contributed by atoms with E-state index in [1.165, 1.54) is 4.90 Å². The zero-order valence-corrected chi connectivity index (χ0v) is 9.68. The molecule has 1 fully saturated rings. The van der Waals surface area contributed by atoms with Gasteiger partial charge in [-0.3, -0.25) is 4.79 Å². The Morgan fingerprint density at radius 2 is 2.31 bits per heavy atom. The van der Waals surface area contributed by atoms with Crippen LogP contribution in [-0.2, 0) is 9.53 Å². The van der Waals surface area contributed by atoms with Crippen molar-refractivity contribution < 1.29 is 19.4 Å². The fourth-order valence-electron chi connectivity index (χ4n) is 1.67. The van der Waals surface area contributed by atoms with Crippen LogP contribution in [0.2, 0.25) is 0 Å². The second-order valence-corrected chi connectivity index (χ2v) is 4.15. The molecule has 1 aliphatic heterocycles. The molecular formula is C10H18N2O4. The molecule has 0 aromatic heterocycles. The van der Waals surface area contributed by atoms with Crippen LogP contribution in [0.3, 0.4) is 0 Å². The first-order chi connectivity index (χ1) is 7.50. The first-order valence-electron chi connectivity index (χ1n) is 5.30.